The van der Waals surface area contributed by atoms with Crippen LogP contribution in [0, 0.1) is 10.8 Å². The van der Waals surface area contributed by atoms with Gasteiger partial charge in [0.25, 0.3) is 0 Å². The van der Waals surface area contributed by atoms with E-state index in [1.807, 2.05) is 19.1 Å². The third kappa shape index (κ3) is 1.91. The monoisotopic (exact) mass is 314 g/mol. The highest BCUT2D eigenvalue weighted by molar-refractivity contribution is 9.09. The summed E-state index contributed by atoms with van der Waals surface area (Å²) >= 11 is 3.65. The fourth-order valence-electron chi connectivity index (χ4n) is 3.47. The van der Waals surface area contributed by atoms with Crippen LogP contribution in [0.5, 0.6) is 0 Å². The van der Waals surface area contributed by atoms with E-state index in [-0.39, 0.29) is 15.7 Å². The standard InChI is InChI=1S/C15H23BrO2/c1-10-9-11(17)12(16)13(2,3)15(10)7-5-14(4,18)6-8-15/h5,7,9,11-12,17-18H,6,8H2,1-4H3/t11-,12+,14-,15+/m0/s1. The molecule has 0 aromatic carbocycles. The predicted octanol–water partition coefficient (Wildman–Crippen LogP) is 3.18. The molecule has 0 aromatic heterocycles. The normalized spacial score (nSPS) is 47.2. The van der Waals surface area contributed by atoms with Crippen molar-refractivity contribution in [3.63, 3.8) is 0 Å². The van der Waals surface area contributed by atoms with Crippen LogP contribution in [0.4, 0.5) is 0 Å². The maximum Gasteiger partial charge on any atom is 0.0854 e. The average molecular weight is 315 g/mol. The van der Waals surface area contributed by atoms with Gasteiger partial charge in [0, 0.05) is 5.41 Å². The molecular formula is C15H23BrO2. The highest BCUT2D eigenvalue weighted by Gasteiger charge is 2.54. The molecule has 0 aliphatic heterocycles. The molecule has 3 heteroatoms. The van der Waals surface area contributed by atoms with Gasteiger partial charge in [0.05, 0.1) is 16.5 Å². The third-order valence-electron chi connectivity index (χ3n) is 5.02. The number of rotatable bonds is 0. The van der Waals surface area contributed by atoms with Crippen molar-refractivity contribution < 1.29 is 10.2 Å². The molecule has 0 saturated heterocycles. The number of alkyl halides is 1. The molecule has 0 aromatic rings. The van der Waals surface area contributed by atoms with E-state index in [9.17, 15) is 10.2 Å². The Kier molecular flexibility index (Phi) is 3.33. The van der Waals surface area contributed by atoms with Gasteiger partial charge in [-0.25, -0.2) is 0 Å². The van der Waals surface area contributed by atoms with Crippen molar-refractivity contribution >= 4 is 15.9 Å². The van der Waals surface area contributed by atoms with Crippen molar-refractivity contribution in [1.82, 2.24) is 0 Å². The number of hydrogen-bond acceptors (Lipinski definition) is 2. The zero-order valence-electron chi connectivity index (χ0n) is 11.6. The molecule has 0 amide bonds. The molecule has 18 heavy (non-hydrogen) atoms. The summed E-state index contributed by atoms with van der Waals surface area (Å²) in [6.07, 6.45) is 7.26. The zero-order chi connectivity index (χ0) is 13.8. The molecule has 102 valence electrons. The van der Waals surface area contributed by atoms with Gasteiger partial charge in [-0.15, -0.1) is 0 Å². The van der Waals surface area contributed by atoms with Gasteiger partial charge in [0.1, 0.15) is 0 Å². The summed E-state index contributed by atoms with van der Waals surface area (Å²) in [5, 5.41) is 20.2. The first-order valence-corrected chi connectivity index (χ1v) is 7.48. The van der Waals surface area contributed by atoms with Crippen molar-refractivity contribution in [3.8, 4) is 0 Å². The Balaban J connectivity index is 2.52. The van der Waals surface area contributed by atoms with Gasteiger partial charge in [-0.1, -0.05) is 53.6 Å². The van der Waals surface area contributed by atoms with E-state index in [0.717, 1.165) is 12.8 Å². The molecule has 2 N–H and O–H groups in total. The lowest BCUT2D eigenvalue weighted by Crippen LogP contribution is -2.52. The maximum atomic E-state index is 10.1. The number of allylic oxidation sites excluding steroid dienone is 2. The van der Waals surface area contributed by atoms with Crippen LogP contribution >= 0.6 is 15.9 Å². The average Bonchev–Trinajstić information content (AvgIpc) is 2.26. The van der Waals surface area contributed by atoms with Crippen LogP contribution in [-0.2, 0) is 0 Å². The second kappa shape index (κ2) is 4.19. The summed E-state index contributed by atoms with van der Waals surface area (Å²) in [5.41, 5.74) is 0.364. The molecule has 0 radical (unpaired) electrons. The van der Waals surface area contributed by atoms with Crippen molar-refractivity contribution in [1.29, 1.82) is 0 Å². The topological polar surface area (TPSA) is 40.5 Å². The fourth-order valence-corrected chi connectivity index (χ4v) is 4.04. The molecule has 4 atom stereocenters. The Morgan fingerprint density at radius 2 is 1.83 bits per heavy atom. The predicted molar refractivity (Wildman–Crippen MR) is 77.7 cm³/mol. The second-order valence-corrected chi connectivity index (χ2v) is 7.61. The number of halogens is 1. The molecule has 0 fully saturated rings. The van der Waals surface area contributed by atoms with E-state index < -0.39 is 11.7 Å². The third-order valence-corrected chi connectivity index (χ3v) is 6.70. The lowest BCUT2D eigenvalue weighted by Gasteiger charge is -2.55. The molecule has 0 heterocycles. The Hall–Kier alpha value is -0.120. The Bertz CT molecular complexity index is 409. The van der Waals surface area contributed by atoms with Gasteiger partial charge in [-0.2, -0.15) is 0 Å². The van der Waals surface area contributed by atoms with Gasteiger partial charge in [0.2, 0.25) is 0 Å². The maximum absolute atomic E-state index is 10.1. The van der Waals surface area contributed by atoms with Gasteiger partial charge < -0.3 is 10.2 Å². The molecular weight excluding hydrogens is 292 g/mol. The smallest absolute Gasteiger partial charge is 0.0854 e. The molecule has 1 spiro atoms. The largest absolute Gasteiger partial charge is 0.388 e. The minimum absolute atomic E-state index is 0.0291. The van der Waals surface area contributed by atoms with E-state index in [1.165, 1.54) is 5.57 Å². The molecule has 2 aliphatic rings. The van der Waals surface area contributed by atoms with Crippen molar-refractivity contribution in [2.45, 2.75) is 57.1 Å². The Morgan fingerprint density at radius 3 is 2.33 bits per heavy atom. The van der Waals surface area contributed by atoms with Gasteiger partial charge in [-0.05, 0) is 32.1 Å². The highest BCUT2D eigenvalue weighted by atomic mass is 79.9. The highest BCUT2D eigenvalue weighted by Crippen LogP contribution is 2.58. The van der Waals surface area contributed by atoms with Crippen LogP contribution in [-0.4, -0.2) is 26.7 Å². The van der Waals surface area contributed by atoms with Crippen LogP contribution in [0.3, 0.4) is 0 Å². The van der Waals surface area contributed by atoms with Gasteiger partial charge in [-0.3, -0.25) is 0 Å². The summed E-state index contributed by atoms with van der Waals surface area (Å²) in [6.45, 7) is 8.33. The summed E-state index contributed by atoms with van der Waals surface area (Å²) in [5.74, 6) is 0. The molecule has 2 nitrogen and oxygen atoms in total. The van der Waals surface area contributed by atoms with Crippen molar-refractivity contribution in [2.75, 3.05) is 0 Å². The summed E-state index contributed by atoms with van der Waals surface area (Å²) < 4.78 is 0. The van der Waals surface area contributed by atoms with E-state index >= 15 is 0 Å². The molecule has 0 bridgehead atoms. The van der Waals surface area contributed by atoms with Crippen molar-refractivity contribution in [3.05, 3.63) is 23.8 Å². The quantitative estimate of drug-likeness (QED) is 0.532. The molecule has 0 saturated carbocycles. The van der Waals surface area contributed by atoms with Gasteiger partial charge in [0.15, 0.2) is 0 Å². The lowest BCUT2D eigenvalue weighted by atomic mass is 9.52. The molecule has 2 rings (SSSR count). The first-order valence-electron chi connectivity index (χ1n) is 6.56. The second-order valence-electron chi connectivity index (χ2n) is 6.63. The minimum atomic E-state index is -0.695. The van der Waals surface area contributed by atoms with E-state index in [2.05, 4.69) is 42.8 Å². The van der Waals surface area contributed by atoms with Crippen LogP contribution < -0.4 is 0 Å². The molecule has 0 unspecified atom stereocenters. The Morgan fingerprint density at radius 1 is 1.22 bits per heavy atom. The van der Waals surface area contributed by atoms with E-state index in [4.69, 9.17) is 0 Å². The Labute approximate surface area is 118 Å². The van der Waals surface area contributed by atoms with E-state index in [0.29, 0.717) is 0 Å². The van der Waals surface area contributed by atoms with Crippen LogP contribution in [0.25, 0.3) is 0 Å². The zero-order valence-corrected chi connectivity index (χ0v) is 13.2. The van der Waals surface area contributed by atoms with Crippen molar-refractivity contribution in [2.24, 2.45) is 10.8 Å². The first kappa shape index (κ1) is 14.3. The SMILES string of the molecule is CC1=C[C@H](O)[C@@H](Br)C(C)(C)[C@@]12C=C[C@](C)(O)CC2. The van der Waals surface area contributed by atoms with Gasteiger partial charge >= 0.3 is 0 Å². The number of aliphatic hydroxyl groups is 2. The summed E-state index contributed by atoms with van der Waals surface area (Å²) in [7, 11) is 0. The number of hydrogen-bond donors (Lipinski definition) is 2. The number of aliphatic hydroxyl groups excluding tert-OH is 1. The fraction of sp³-hybridized carbons (Fsp3) is 0.733. The summed E-state index contributed by atoms with van der Waals surface area (Å²) in [4.78, 5) is 0.0291. The molecule has 2 aliphatic carbocycles. The minimum Gasteiger partial charge on any atom is -0.388 e. The van der Waals surface area contributed by atoms with Crippen LogP contribution in [0.15, 0.2) is 23.8 Å². The van der Waals surface area contributed by atoms with E-state index in [1.54, 1.807) is 0 Å². The lowest BCUT2D eigenvalue weighted by molar-refractivity contribution is 0.0256. The van der Waals surface area contributed by atoms with Crippen LogP contribution in [0.2, 0.25) is 0 Å². The summed E-state index contributed by atoms with van der Waals surface area (Å²) in [6, 6.07) is 0. The van der Waals surface area contributed by atoms with Crippen LogP contribution in [0.1, 0.15) is 40.5 Å². The first-order chi connectivity index (χ1) is 8.12.